The molecule has 7 heteroatoms. The van der Waals surface area contributed by atoms with Crippen LogP contribution >= 0.6 is 0 Å². The second-order valence-electron chi connectivity index (χ2n) is 9.97. The Labute approximate surface area is 215 Å². The fourth-order valence-corrected chi connectivity index (χ4v) is 5.06. The van der Waals surface area contributed by atoms with Crippen molar-refractivity contribution in [3.63, 3.8) is 0 Å². The minimum absolute atomic E-state index is 0.0538. The van der Waals surface area contributed by atoms with E-state index in [9.17, 15) is 9.59 Å². The average Bonchev–Trinajstić information content (AvgIpc) is 2.91. The highest BCUT2D eigenvalue weighted by atomic mass is 16.5. The third-order valence-corrected chi connectivity index (χ3v) is 7.38. The van der Waals surface area contributed by atoms with Crippen molar-refractivity contribution in [1.29, 1.82) is 0 Å². The van der Waals surface area contributed by atoms with Gasteiger partial charge in [-0.2, -0.15) is 0 Å². The molecule has 0 aliphatic carbocycles. The van der Waals surface area contributed by atoms with Gasteiger partial charge in [0, 0.05) is 50.6 Å². The van der Waals surface area contributed by atoms with Gasteiger partial charge in [-0.3, -0.25) is 14.5 Å². The molecule has 2 aromatic rings. The maximum Gasteiger partial charge on any atom is 0.253 e. The highest BCUT2D eigenvalue weighted by Gasteiger charge is 2.23. The third kappa shape index (κ3) is 6.86. The number of carbonyl (C=O) groups is 2. The van der Waals surface area contributed by atoms with Crippen molar-refractivity contribution in [2.24, 2.45) is 5.92 Å². The molecular weight excluding hydrogens is 452 g/mol. The Kier molecular flexibility index (Phi) is 9.36. The molecule has 4 rings (SSSR count). The number of amides is 2. The van der Waals surface area contributed by atoms with Gasteiger partial charge in [0.15, 0.2) is 0 Å². The summed E-state index contributed by atoms with van der Waals surface area (Å²) in [7, 11) is 0. The number of nitrogens with zero attached hydrogens (tertiary/aromatic N) is 2. The number of ether oxygens (including phenoxy) is 1. The van der Waals surface area contributed by atoms with Crippen molar-refractivity contribution in [2.75, 3.05) is 62.7 Å². The Hall–Kier alpha value is -2.90. The highest BCUT2D eigenvalue weighted by Crippen LogP contribution is 2.30. The number of carbonyl (C=O) groups excluding carboxylic acids is 2. The van der Waals surface area contributed by atoms with E-state index in [2.05, 4.69) is 27.4 Å². The molecular formula is C29H40N4O3. The number of hydrogen-bond donors (Lipinski definition) is 2. The van der Waals surface area contributed by atoms with E-state index in [0.29, 0.717) is 30.1 Å². The van der Waals surface area contributed by atoms with Crippen molar-refractivity contribution >= 4 is 23.2 Å². The van der Waals surface area contributed by atoms with Gasteiger partial charge in [-0.05, 0) is 48.9 Å². The lowest BCUT2D eigenvalue weighted by atomic mass is 9.95. The van der Waals surface area contributed by atoms with Crippen molar-refractivity contribution < 1.29 is 14.3 Å². The Morgan fingerprint density at radius 2 is 1.75 bits per heavy atom. The molecule has 2 amide bonds. The van der Waals surface area contributed by atoms with E-state index in [-0.39, 0.29) is 17.7 Å². The molecule has 1 atom stereocenters. The molecule has 0 radical (unpaired) electrons. The topological polar surface area (TPSA) is 73.9 Å². The Morgan fingerprint density at radius 3 is 2.44 bits per heavy atom. The van der Waals surface area contributed by atoms with Crippen molar-refractivity contribution in [3.8, 4) is 0 Å². The molecule has 36 heavy (non-hydrogen) atoms. The quantitative estimate of drug-likeness (QED) is 0.551. The van der Waals surface area contributed by atoms with E-state index >= 15 is 0 Å². The zero-order chi connectivity index (χ0) is 25.3. The molecule has 0 spiro atoms. The lowest BCUT2D eigenvalue weighted by Gasteiger charge is -2.33. The first kappa shape index (κ1) is 26.2. The average molecular weight is 493 g/mol. The number of benzene rings is 2. The predicted octanol–water partition coefficient (Wildman–Crippen LogP) is 4.12. The number of piperidine rings is 1. The fourth-order valence-electron chi connectivity index (χ4n) is 5.06. The van der Waals surface area contributed by atoms with E-state index in [0.717, 1.165) is 70.0 Å². The molecule has 7 nitrogen and oxygen atoms in total. The van der Waals surface area contributed by atoms with Gasteiger partial charge in [0.2, 0.25) is 5.91 Å². The maximum absolute atomic E-state index is 13.4. The van der Waals surface area contributed by atoms with Crippen LogP contribution in [0.2, 0.25) is 0 Å². The van der Waals surface area contributed by atoms with Gasteiger partial charge in [-0.1, -0.05) is 44.2 Å². The smallest absolute Gasteiger partial charge is 0.253 e. The van der Waals surface area contributed by atoms with Gasteiger partial charge in [0.1, 0.15) is 0 Å². The van der Waals surface area contributed by atoms with Crippen LogP contribution in [0.1, 0.15) is 54.9 Å². The second kappa shape index (κ2) is 12.9. The standard InChI is InChI=1S/C29H40N4O3/c1-3-25(23-7-5-4-6-8-23)29(35)31-24-9-10-27(33-14-11-22(2)12-15-33)26(21-24)28(34)30-13-16-32-17-19-36-20-18-32/h4-10,21-22,25H,3,11-20H2,1-2H3,(H,30,34)(H,31,35). The van der Waals surface area contributed by atoms with E-state index in [1.807, 2.05) is 55.5 Å². The van der Waals surface area contributed by atoms with Crippen LogP contribution in [0.4, 0.5) is 11.4 Å². The van der Waals surface area contributed by atoms with Gasteiger partial charge in [0.25, 0.3) is 5.91 Å². The molecule has 2 saturated heterocycles. The van der Waals surface area contributed by atoms with Crippen LogP contribution in [-0.2, 0) is 9.53 Å². The van der Waals surface area contributed by atoms with Crippen LogP contribution in [-0.4, -0.2) is 69.2 Å². The van der Waals surface area contributed by atoms with Gasteiger partial charge in [-0.15, -0.1) is 0 Å². The molecule has 2 aromatic carbocycles. The molecule has 2 aliphatic heterocycles. The van der Waals surface area contributed by atoms with Gasteiger partial charge >= 0.3 is 0 Å². The minimum atomic E-state index is -0.236. The summed E-state index contributed by atoms with van der Waals surface area (Å²) >= 11 is 0. The molecule has 2 fully saturated rings. The molecule has 194 valence electrons. The normalized spacial score (nSPS) is 18.0. The largest absolute Gasteiger partial charge is 0.379 e. The van der Waals surface area contributed by atoms with Crippen LogP contribution in [0.25, 0.3) is 0 Å². The summed E-state index contributed by atoms with van der Waals surface area (Å²) in [4.78, 5) is 31.1. The number of morpholine rings is 1. The van der Waals surface area contributed by atoms with E-state index < -0.39 is 0 Å². The monoisotopic (exact) mass is 492 g/mol. The molecule has 2 aliphatic rings. The molecule has 1 unspecified atom stereocenters. The van der Waals surface area contributed by atoms with E-state index in [1.54, 1.807) is 0 Å². The van der Waals surface area contributed by atoms with Gasteiger partial charge < -0.3 is 20.3 Å². The zero-order valence-corrected chi connectivity index (χ0v) is 21.7. The first-order valence-corrected chi connectivity index (χ1v) is 13.4. The Bertz CT molecular complexity index is 999. The Balaban J connectivity index is 1.49. The molecule has 2 heterocycles. The van der Waals surface area contributed by atoms with Gasteiger partial charge in [0.05, 0.1) is 24.7 Å². The Morgan fingerprint density at radius 1 is 1.03 bits per heavy atom. The van der Waals surface area contributed by atoms with Crippen LogP contribution in [0.15, 0.2) is 48.5 Å². The van der Waals surface area contributed by atoms with Crippen LogP contribution < -0.4 is 15.5 Å². The van der Waals surface area contributed by atoms with Crippen LogP contribution in [0.5, 0.6) is 0 Å². The summed E-state index contributed by atoms with van der Waals surface area (Å²) in [6, 6.07) is 15.6. The van der Waals surface area contributed by atoms with Gasteiger partial charge in [-0.25, -0.2) is 0 Å². The van der Waals surface area contributed by atoms with Crippen molar-refractivity contribution in [2.45, 2.75) is 39.0 Å². The lowest BCUT2D eigenvalue weighted by molar-refractivity contribution is -0.117. The summed E-state index contributed by atoms with van der Waals surface area (Å²) in [6.07, 6.45) is 2.94. The summed E-state index contributed by atoms with van der Waals surface area (Å²) in [6.45, 7) is 10.8. The maximum atomic E-state index is 13.4. The number of rotatable bonds is 9. The molecule has 0 saturated carbocycles. The molecule has 0 bridgehead atoms. The number of nitrogens with one attached hydrogen (secondary N) is 2. The zero-order valence-electron chi connectivity index (χ0n) is 21.7. The van der Waals surface area contributed by atoms with E-state index in [1.165, 1.54) is 0 Å². The van der Waals surface area contributed by atoms with E-state index in [4.69, 9.17) is 4.74 Å². The minimum Gasteiger partial charge on any atom is -0.379 e. The predicted molar refractivity (Wildman–Crippen MR) is 145 cm³/mol. The van der Waals surface area contributed by atoms with Crippen molar-refractivity contribution in [1.82, 2.24) is 10.2 Å². The first-order chi connectivity index (χ1) is 17.5. The summed E-state index contributed by atoms with van der Waals surface area (Å²) in [5.74, 6) is 0.319. The third-order valence-electron chi connectivity index (χ3n) is 7.38. The second-order valence-corrected chi connectivity index (χ2v) is 9.97. The van der Waals surface area contributed by atoms with Crippen LogP contribution in [0.3, 0.4) is 0 Å². The molecule has 2 N–H and O–H groups in total. The lowest BCUT2D eigenvalue weighted by Crippen LogP contribution is -2.41. The summed E-state index contributed by atoms with van der Waals surface area (Å²) in [5, 5.41) is 6.19. The SMILES string of the molecule is CCC(C(=O)Nc1ccc(N2CCC(C)CC2)c(C(=O)NCCN2CCOCC2)c1)c1ccccc1. The highest BCUT2D eigenvalue weighted by molar-refractivity contribution is 6.03. The fraction of sp³-hybridized carbons (Fsp3) is 0.517. The van der Waals surface area contributed by atoms with Crippen LogP contribution in [0, 0.1) is 5.92 Å². The number of hydrogen-bond acceptors (Lipinski definition) is 5. The van der Waals surface area contributed by atoms with Crippen molar-refractivity contribution in [3.05, 3.63) is 59.7 Å². The summed E-state index contributed by atoms with van der Waals surface area (Å²) in [5.41, 5.74) is 3.22. The first-order valence-electron chi connectivity index (χ1n) is 13.4. The molecule has 0 aromatic heterocycles. The summed E-state index contributed by atoms with van der Waals surface area (Å²) < 4.78 is 5.42. The number of anilines is 2.